The Bertz CT molecular complexity index is 232. The van der Waals surface area contributed by atoms with Crippen LogP contribution in [0.25, 0.3) is 0 Å². The van der Waals surface area contributed by atoms with Gasteiger partial charge in [0.25, 0.3) is 0 Å². The lowest BCUT2D eigenvalue weighted by atomic mass is 9.90. The molecule has 0 fully saturated rings. The largest absolute Gasteiger partial charge is 0.306 e. The molecule has 0 saturated heterocycles. The number of thiazole rings is 1. The van der Waals surface area contributed by atoms with Crippen molar-refractivity contribution >= 4 is 11.3 Å². The summed E-state index contributed by atoms with van der Waals surface area (Å²) in [5, 5.41) is 5.74. The highest BCUT2D eigenvalue weighted by Gasteiger charge is 2.22. The van der Waals surface area contributed by atoms with E-state index in [-0.39, 0.29) is 0 Å². The topological polar surface area (TPSA) is 24.9 Å². The third kappa shape index (κ3) is 2.79. The van der Waals surface area contributed by atoms with Crippen molar-refractivity contribution in [2.24, 2.45) is 0 Å². The lowest BCUT2D eigenvalue weighted by molar-refractivity contribution is 0.287. The maximum atomic E-state index is 4.28. The van der Waals surface area contributed by atoms with Crippen LogP contribution in [0, 0.1) is 0 Å². The second kappa shape index (κ2) is 5.47. The van der Waals surface area contributed by atoms with Gasteiger partial charge >= 0.3 is 0 Å². The fourth-order valence-corrected chi connectivity index (χ4v) is 2.29. The molecule has 1 aromatic heterocycles. The molecule has 14 heavy (non-hydrogen) atoms. The Labute approximate surface area is 90.8 Å². The predicted octanol–water partition coefficient (Wildman–Crippen LogP) is 3.20. The van der Waals surface area contributed by atoms with Gasteiger partial charge in [0, 0.05) is 17.5 Å². The number of hydrogen-bond donors (Lipinski definition) is 1. The first-order chi connectivity index (χ1) is 6.76. The molecule has 1 heterocycles. The highest BCUT2D eigenvalue weighted by Crippen LogP contribution is 2.19. The van der Waals surface area contributed by atoms with Gasteiger partial charge in [-0.3, -0.25) is 0 Å². The van der Waals surface area contributed by atoms with E-state index in [9.17, 15) is 0 Å². The van der Waals surface area contributed by atoms with Gasteiger partial charge in [-0.2, -0.15) is 0 Å². The van der Waals surface area contributed by atoms with Crippen molar-refractivity contribution in [1.29, 1.82) is 0 Å². The Morgan fingerprint density at radius 2 is 1.93 bits per heavy atom. The van der Waals surface area contributed by atoms with Crippen molar-refractivity contribution in [3.63, 3.8) is 0 Å². The van der Waals surface area contributed by atoms with Crippen LogP contribution in [0.2, 0.25) is 0 Å². The molecule has 0 bridgehead atoms. The van der Waals surface area contributed by atoms with E-state index in [0.29, 0.717) is 5.54 Å². The third-order valence-electron chi connectivity index (χ3n) is 3.16. The second-order valence-electron chi connectivity index (χ2n) is 3.67. The average molecular weight is 212 g/mol. The zero-order valence-corrected chi connectivity index (χ0v) is 10.2. The summed E-state index contributed by atoms with van der Waals surface area (Å²) >= 11 is 1.66. The number of hydrogen-bond acceptors (Lipinski definition) is 3. The second-order valence-corrected chi connectivity index (χ2v) is 4.39. The number of aromatic nitrogens is 1. The number of nitrogens with zero attached hydrogens (tertiary/aromatic N) is 1. The smallest absolute Gasteiger partial charge is 0.0795 e. The quantitative estimate of drug-likeness (QED) is 0.783. The standard InChI is InChI=1S/C11H20N2S/c1-4-11(5-2,6-3)13-7-10-8-14-9-12-10/h8-9,13H,4-7H2,1-3H3. The Hall–Kier alpha value is -0.410. The van der Waals surface area contributed by atoms with Gasteiger partial charge in [0.05, 0.1) is 11.2 Å². The van der Waals surface area contributed by atoms with Gasteiger partial charge in [0.1, 0.15) is 0 Å². The zero-order valence-electron chi connectivity index (χ0n) is 9.34. The zero-order chi connectivity index (χ0) is 10.4. The van der Waals surface area contributed by atoms with Crippen LogP contribution in [0.4, 0.5) is 0 Å². The van der Waals surface area contributed by atoms with E-state index >= 15 is 0 Å². The van der Waals surface area contributed by atoms with Gasteiger partial charge in [-0.15, -0.1) is 11.3 Å². The van der Waals surface area contributed by atoms with Crippen molar-refractivity contribution in [3.8, 4) is 0 Å². The Morgan fingerprint density at radius 1 is 1.29 bits per heavy atom. The van der Waals surface area contributed by atoms with Gasteiger partial charge in [-0.1, -0.05) is 20.8 Å². The van der Waals surface area contributed by atoms with E-state index in [2.05, 4.69) is 36.5 Å². The summed E-state index contributed by atoms with van der Waals surface area (Å²) in [5.74, 6) is 0. The van der Waals surface area contributed by atoms with Crippen molar-refractivity contribution in [1.82, 2.24) is 10.3 Å². The maximum Gasteiger partial charge on any atom is 0.0795 e. The van der Waals surface area contributed by atoms with Crippen LogP contribution >= 0.6 is 11.3 Å². The molecular weight excluding hydrogens is 192 g/mol. The normalized spacial score (nSPS) is 11.9. The molecule has 0 saturated carbocycles. The minimum absolute atomic E-state index is 0.309. The van der Waals surface area contributed by atoms with Crippen molar-refractivity contribution < 1.29 is 0 Å². The fraction of sp³-hybridized carbons (Fsp3) is 0.727. The number of nitrogens with one attached hydrogen (secondary N) is 1. The molecule has 3 heteroatoms. The molecule has 2 nitrogen and oxygen atoms in total. The Morgan fingerprint density at radius 3 is 2.36 bits per heavy atom. The molecule has 0 unspecified atom stereocenters. The van der Waals surface area contributed by atoms with Gasteiger partial charge in [0.15, 0.2) is 0 Å². The fourth-order valence-electron chi connectivity index (χ4n) is 1.73. The van der Waals surface area contributed by atoms with Crippen LogP contribution < -0.4 is 5.32 Å². The van der Waals surface area contributed by atoms with E-state index in [0.717, 1.165) is 12.2 Å². The monoisotopic (exact) mass is 212 g/mol. The molecule has 0 aliphatic rings. The molecule has 0 radical (unpaired) electrons. The summed E-state index contributed by atoms with van der Waals surface area (Å²) in [5.41, 5.74) is 3.36. The Balaban J connectivity index is 2.48. The van der Waals surface area contributed by atoms with Gasteiger partial charge < -0.3 is 5.32 Å². The molecule has 0 atom stereocenters. The summed E-state index contributed by atoms with van der Waals surface area (Å²) < 4.78 is 0. The highest BCUT2D eigenvalue weighted by atomic mass is 32.1. The van der Waals surface area contributed by atoms with Crippen molar-refractivity contribution in [3.05, 3.63) is 16.6 Å². The first-order valence-corrected chi connectivity index (χ1v) is 6.32. The Kier molecular flexibility index (Phi) is 4.55. The first-order valence-electron chi connectivity index (χ1n) is 5.38. The third-order valence-corrected chi connectivity index (χ3v) is 3.79. The van der Waals surface area contributed by atoms with Gasteiger partial charge in [-0.25, -0.2) is 4.98 Å². The van der Waals surface area contributed by atoms with E-state index < -0.39 is 0 Å². The molecule has 0 aliphatic heterocycles. The van der Waals surface area contributed by atoms with E-state index in [1.54, 1.807) is 11.3 Å². The lowest BCUT2D eigenvalue weighted by Crippen LogP contribution is -2.43. The van der Waals surface area contributed by atoms with Gasteiger partial charge in [-0.05, 0) is 19.3 Å². The first kappa shape index (κ1) is 11.7. The molecule has 0 aliphatic carbocycles. The molecule has 80 valence electrons. The molecule has 1 N–H and O–H groups in total. The van der Waals surface area contributed by atoms with Crippen LogP contribution in [0.1, 0.15) is 45.7 Å². The van der Waals surface area contributed by atoms with Crippen molar-refractivity contribution in [2.45, 2.75) is 52.1 Å². The van der Waals surface area contributed by atoms with Gasteiger partial charge in [0.2, 0.25) is 0 Å². The molecule has 0 amide bonds. The molecule has 0 spiro atoms. The molecule has 0 aromatic carbocycles. The average Bonchev–Trinajstić information content (AvgIpc) is 2.74. The lowest BCUT2D eigenvalue weighted by Gasteiger charge is -2.31. The van der Waals surface area contributed by atoms with Crippen LogP contribution in [0.5, 0.6) is 0 Å². The van der Waals surface area contributed by atoms with E-state index in [1.165, 1.54) is 19.3 Å². The summed E-state index contributed by atoms with van der Waals surface area (Å²) in [4.78, 5) is 4.28. The summed E-state index contributed by atoms with van der Waals surface area (Å²) in [6.07, 6.45) is 3.55. The summed E-state index contributed by atoms with van der Waals surface area (Å²) in [6, 6.07) is 0. The van der Waals surface area contributed by atoms with Crippen LogP contribution in [-0.2, 0) is 6.54 Å². The van der Waals surface area contributed by atoms with Crippen LogP contribution in [-0.4, -0.2) is 10.5 Å². The minimum Gasteiger partial charge on any atom is -0.306 e. The molecule has 1 aromatic rings. The molecule has 1 rings (SSSR count). The van der Waals surface area contributed by atoms with E-state index in [4.69, 9.17) is 0 Å². The van der Waals surface area contributed by atoms with Crippen LogP contribution in [0.3, 0.4) is 0 Å². The van der Waals surface area contributed by atoms with Crippen LogP contribution in [0.15, 0.2) is 10.9 Å². The van der Waals surface area contributed by atoms with Crippen molar-refractivity contribution in [2.75, 3.05) is 0 Å². The van der Waals surface area contributed by atoms with E-state index in [1.807, 2.05) is 5.51 Å². The SMILES string of the molecule is CCC(CC)(CC)NCc1cscn1. The number of rotatable bonds is 6. The molecular formula is C11H20N2S. The predicted molar refractivity (Wildman–Crippen MR) is 62.6 cm³/mol. The summed E-state index contributed by atoms with van der Waals surface area (Å²) in [7, 11) is 0. The maximum absolute atomic E-state index is 4.28. The highest BCUT2D eigenvalue weighted by molar-refractivity contribution is 7.07. The summed E-state index contributed by atoms with van der Waals surface area (Å²) in [6.45, 7) is 7.65. The minimum atomic E-state index is 0.309.